The minimum absolute atomic E-state index is 0.0951. The van der Waals surface area contributed by atoms with E-state index in [2.05, 4.69) is 31.1 Å². The molecule has 0 amide bonds. The molecule has 0 saturated carbocycles. The predicted octanol–water partition coefficient (Wildman–Crippen LogP) is 2.12. The number of aromatic nitrogens is 2. The van der Waals surface area contributed by atoms with Crippen molar-refractivity contribution in [2.24, 2.45) is 7.05 Å². The number of nitrogens with one attached hydrogen (secondary N) is 1. The van der Waals surface area contributed by atoms with Gasteiger partial charge in [-0.05, 0) is 34.1 Å². The number of pyridine rings is 2. The second-order valence-corrected chi connectivity index (χ2v) is 6.03. The van der Waals surface area contributed by atoms with Gasteiger partial charge in [0.05, 0.1) is 25.1 Å². The van der Waals surface area contributed by atoms with Crippen LogP contribution < -0.4 is 15.8 Å². The summed E-state index contributed by atoms with van der Waals surface area (Å²) in [6.45, 7) is 3.24. The number of halogens is 1. The highest BCUT2D eigenvalue weighted by Gasteiger charge is 2.11. The van der Waals surface area contributed by atoms with Crippen molar-refractivity contribution in [3.05, 3.63) is 45.4 Å². The summed E-state index contributed by atoms with van der Waals surface area (Å²) in [5, 5.41) is 3.07. The average Bonchev–Trinajstić information content (AvgIpc) is 2.54. The number of hydrogen-bond donors (Lipinski definition) is 1. The molecule has 1 saturated heterocycles. The van der Waals surface area contributed by atoms with E-state index in [-0.39, 0.29) is 5.56 Å². The zero-order valence-corrected chi connectivity index (χ0v) is 13.8. The minimum atomic E-state index is -0.0951. The summed E-state index contributed by atoms with van der Waals surface area (Å²) in [6, 6.07) is 5.63. The van der Waals surface area contributed by atoms with Gasteiger partial charge in [0, 0.05) is 30.8 Å². The molecule has 1 fully saturated rings. The Balaban J connectivity index is 1.77. The molecule has 0 aliphatic carbocycles. The lowest BCUT2D eigenvalue weighted by atomic mass is 10.3. The van der Waals surface area contributed by atoms with Gasteiger partial charge < -0.3 is 19.5 Å². The molecule has 1 aliphatic heterocycles. The third-order valence-electron chi connectivity index (χ3n) is 3.54. The lowest BCUT2D eigenvalue weighted by Gasteiger charge is -2.28. The molecule has 7 heteroatoms. The highest BCUT2D eigenvalue weighted by molar-refractivity contribution is 9.10. The van der Waals surface area contributed by atoms with Gasteiger partial charge in [-0.2, -0.15) is 0 Å². The van der Waals surface area contributed by atoms with Crippen molar-refractivity contribution in [1.29, 1.82) is 0 Å². The minimum Gasteiger partial charge on any atom is -0.378 e. The Kier molecular flexibility index (Phi) is 4.44. The number of aryl methyl sites for hydroxylation is 1. The van der Waals surface area contributed by atoms with E-state index in [0.29, 0.717) is 11.5 Å². The monoisotopic (exact) mass is 364 g/mol. The van der Waals surface area contributed by atoms with Crippen molar-refractivity contribution >= 4 is 33.1 Å². The fourth-order valence-corrected chi connectivity index (χ4v) is 2.90. The number of ether oxygens (including phenoxy) is 1. The largest absolute Gasteiger partial charge is 0.378 e. The van der Waals surface area contributed by atoms with E-state index in [1.54, 1.807) is 19.3 Å². The van der Waals surface area contributed by atoms with Crippen molar-refractivity contribution in [2.75, 3.05) is 36.5 Å². The molecule has 1 N–H and O–H groups in total. The van der Waals surface area contributed by atoms with Gasteiger partial charge in [-0.15, -0.1) is 0 Å². The Bertz CT molecular complexity index is 708. The number of rotatable bonds is 3. The lowest BCUT2D eigenvalue weighted by Crippen LogP contribution is -2.36. The summed E-state index contributed by atoms with van der Waals surface area (Å²) in [5.41, 5.74) is 1.46. The molecule has 0 atom stereocenters. The molecule has 0 aromatic carbocycles. The molecular weight excluding hydrogens is 348 g/mol. The molecular formula is C15H17BrN4O2. The zero-order valence-electron chi connectivity index (χ0n) is 12.3. The van der Waals surface area contributed by atoms with Crippen LogP contribution in [-0.2, 0) is 11.8 Å². The number of morpholine rings is 1. The normalized spacial score (nSPS) is 14.9. The van der Waals surface area contributed by atoms with Crippen LogP contribution in [0.3, 0.4) is 0 Å². The Hall–Kier alpha value is -1.86. The summed E-state index contributed by atoms with van der Waals surface area (Å²) in [7, 11) is 1.72. The SMILES string of the molecule is Cn1cc(Br)cc(Nc2ccc(N3CCOCC3)cn2)c1=O. The highest BCUT2D eigenvalue weighted by Crippen LogP contribution is 2.19. The molecule has 3 rings (SSSR count). The van der Waals surface area contributed by atoms with Gasteiger partial charge in [0.2, 0.25) is 0 Å². The molecule has 0 unspecified atom stereocenters. The third kappa shape index (κ3) is 3.31. The van der Waals surface area contributed by atoms with Gasteiger partial charge in [0.25, 0.3) is 5.56 Å². The van der Waals surface area contributed by atoms with Gasteiger partial charge in [-0.1, -0.05) is 0 Å². The Morgan fingerprint density at radius 1 is 1.32 bits per heavy atom. The molecule has 22 heavy (non-hydrogen) atoms. The number of anilines is 3. The first-order valence-corrected chi connectivity index (χ1v) is 7.85. The second-order valence-electron chi connectivity index (χ2n) is 5.11. The maximum atomic E-state index is 12.1. The number of hydrogen-bond acceptors (Lipinski definition) is 5. The molecule has 0 bridgehead atoms. The predicted molar refractivity (Wildman–Crippen MR) is 89.9 cm³/mol. The second kappa shape index (κ2) is 6.50. The molecule has 3 heterocycles. The van der Waals surface area contributed by atoms with Crippen molar-refractivity contribution in [3.63, 3.8) is 0 Å². The first-order valence-electron chi connectivity index (χ1n) is 7.05. The van der Waals surface area contributed by atoms with Crippen molar-refractivity contribution in [3.8, 4) is 0 Å². The van der Waals surface area contributed by atoms with Gasteiger partial charge in [-0.3, -0.25) is 4.79 Å². The summed E-state index contributed by atoms with van der Waals surface area (Å²) in [4.78, 5) is 18.7. The van der Waals surface area contributed by atoms with Crippen LogP contribution in [0.1, 0.15) is 0 Å². The first kappa shape index (κ1) is 15.1. The molecule has 2 aromatic rings. The highest BCUT2D eigenvalue weighted by atomic mass is 79.9. The van der Waals surface area contributed by atoms with Crippen LogP contribution in [0.15, 0.2) is 39.9 Å². The van der Waals surface area contributed by atoms with E-state index in [4.69, 9.17) is 4.74 Å². The van der Waals surface area contributed by atoms with Gasteiger partial charge in [0.1, 0.15) is 11.5 Å². The van der Waals surface area contributed by atoms with Gasteiger partial charge in [-0.25, -0.2) is 4.98 Å². The third-order valence-corrected chi connectivity index (χ3v) is 3.97. The Morgan fingerprint density at radius 2 is 2.09 bits per heavy atom. The van der Waals surface area contributed by atoms with E-state index in [1.807, 2.05) is 18.3 Å². The molecule has 6 nitrogen and oxygen atoms in total. The van der Waals surface area contributed by atoms with E-state index in [9.17, 15) is 4.79 Å². The first-order chi connectivity index (χ1) is 10.6. The van der Waals surface area contributed by atoms with Crippen LogP contribution in [0.5, 0.6) is 0 Å². The maximum absolute atomic E-state index is 12.1. The molecule has 2 aromatic heterocycles. The van der Waals surface area contributed by atoms with Gasteiger partial charge in [0.15, 0.2) is 0 Å². The summed E-state index contributed by atoms with van der Waals surface area (Å²) < 4.78 is 7.70. The van der Waals surface area contributed by atoms with Crippen LogP contribution in [0.4, 0.5) is 17.2 Å². The van der Waals surface area contributed by atoms with E-state index in [1.165, 1.54) is 4.57 Å². The Labute approximate surface area is 136 Å². The van der Waals surface area contributed by atoms with Crippen molar-refractivity contribution in [1.82, 2.24) is 9.55 Å². The number of nitrogens with zero attached hydrogens (tertiary/aromatic N) is 3. The fourth-order valence-electron chi connectivity index (χ4n) is 2.37. The van der Waals surface area contributed by atoms with Crippen LogP contribution in [0.25, 0.3) is 0 Å². The zero-order chi connectivity index (χ0) is 15.5. The van der Waals surface area contributed by atoms with E-state index < -0.39 is 0 Å². The van der Waals surface area contributed by atoms with E-state index in [0.717, 1.165) is 36.5 Å². The standard InChI is InChI=1S/C15H17BrN4O2/c1-19-10-11(16)8-13(15(19)21)18-14-3-2-12(9-17-14)20-4-6-22-7-5-20/h2-3,8-10H,4-7H2,1H3,(H,17,18). The fraction of sp³-hybridized carbons (Fsp3) is 0.333. The topological polar surface area (TPSA) is 59.4 Å². The summed E-state index contributed by atoms with van der Waals surface area (Å²) >= 11 is 3.39. The van der Waals surface area contributed by atoms with E-state index >= 15 is 0 Å². The van der Waals surface area contributed by atoms with Crippen LogP contribution in [-0.4, -0.2) is 35.9 Å². The summed E-state index contributed by atoms with van der Waals surface area (Å²) in [6.07, 6.45) is 3.54. The quantitative estimate of drug-likeness (QED) is 0.903. The molecule has 0 radical (unpaired) electrons. The molecule has 0 spiro atoms. The van der Waals surface area contributed by atoms with Crippen LogP contribution >= 0.6 is 15.9 Å². The maximum Gasteiger partial charge on any atom is 0.274 e. The summed E-state index contributed by atoms with van der Waals surface area (Å²) in [5.74, 6) is 0.646. The molecule has 116 valence electrons. The van der Waals surface area contributed by atoms with Crippen molar-refractivity contribution in [2.45, 2.75) is 0 Å². The smallest absolute Gasteiger partial charge is 0.274 e. The Morgan fingerprint density at radius 3 is 2.77 bits per heavy atom. The van der Waals surface area contributed by atoms with Crippen LogP contribution in [0, 0.1) is 0 Å². The average molecular weight is 365 g/mol. The van der Waals surface area contributed by atoms with Crippen molar-refractivity contribution < 1.29 is 4.74 Å². The van der Waals surface area contributed by atoms with Crippen LogP contribution in [0.2, 0.25) is 0 Å². The lowest BCUT2D eigenvalue weighted by molar-refractivity contribution is 0.122. The van der Waals surface area contributed by atoms with Gasteiger partial charge >= 0.3 is 0 Å². The molecule has 1 aliphatic rings.